The molecule has 7 nitrogen and oxygen atoms in total. The predicted molar refractivity (Wildman–Crippen MR) is 69.2 cm³/mol. The van der Waals surface area contributed by atoms with E-state index in [1.54, 1.807) is 18.5 Å². The summed E-state index contributed by atoms with van der Waals surface area (Å²) in [6, 6.07) is 0. The van der Waals surface area contributed by atoms with Crippen LogP contribution in [-0.2, 0) is 21.9 Å². The predicted octanol–water partition coefficient (Wildman–Crippen LogP) is 0.508. The molecule has 1 aromatic rings. The molecule has 0 saturated heterocycles. The minimum atomic E-state index is -3.68. The van der Waals surface area contributed by atoms with Crippen molar-refractivity contribution in [2.75, 3.05) is 6.54 Å². The number of nitrogens with one attached hydrogen (secondary N) is 1. The summed E-state index contributed by atoms with van der Waals surface area (Å²) in [7, 11) is -1.97. The summed E-state index contributed by atoms with van der Waals surface area (Å²) in [4.78, 5) is 14.6. The number of carboxylic acid groups (broad SMARTS) is 1. The van der Waals surface area contributed by atoms with Gasteiger partial charge in [-0.2, -0.15) is 0 Å². The van der Waals surface area contributed by atoms with Gasteiger partial charge in [-0.15, -0.1) is 0 Å². The van der Waals surface area contributed by atoms with E-state index in [-0.39, 0.29) is 23.9 Å². The number of sulfonamides is 1. The second kappa shape index (κ2) is 6.16. The van der Waals surface area contributed by atoms with Gasteiger partial charge in [0.25, 0.3) is 10.0 Å². The van der Waals surface area contributed by atoms with E-state index < -0.39 is 16.0 Å². The Morgan fingerprint density at radius 1 is 1.58 bits per heavy atom. The Balaban J connectivity index is 2.72. The zero-order chi connectivity index (χ0) is 14.6. The van der Waals surface area contributed by atoms with Gasteiger partial charge in [0.05, 0.1) is 0 Å². The Hall–Kier alpha value is -1.41. The molecule has 0 radical (unpaired) electrons. The molecule has 1 heterocycles. The lowest BCUT2D eigenvalue weighted by Gasteiger charge is -2.12. The molecule has 1 unspecified atom stereocenters. The highest BCUT2D eigenvalue weighted by atomic mass is 32.2. The smallest absolute Gasteiger partial charge is 0.303 e. The average Bonchev–Trinajstić information content (AvgIpc) is 2.65. The molecule has 0 saturated carbocycles. The number of aliphatic carboxylic acids is 1. The van der Waals surface area contributed by atoms with Crippen molar-refractivity contribution in [1.29, 1.82) is 0 Å². The topological polar surface area (TPSA) is 101 Å². The van der Waals surface area contributed by atoms with E-state index in [1.165, 1.54) is 6.20 Å². The van der Waals surface area contributed by atoms with Crippen LogP contribution in [0.2, 0.25) is 0 Å². The number of imidazole rings is 1. The fraction of sp³-hybridized carbons (Fsp3) is 0.636. The molecular weight excluding hydrogens is 270 g/mol. The van der Waals surface area contributed by atoms with Crippen LogP contribution in [0.5, 0.6) is 0 Å². The molecule has 0 aliphatic heterocycles. The second-order valence-corrected chi connectivity index (χ2v) is 6.18. The summed E-state index contributed by atoms with van der Waals surface area (Å²) in [5, 5.41) is 8.66. The number of hydrogen-bond donors (Lipinski definition) is 2. The lowest BCUT2D eigenvalue weighted by molar-refractivity contribution is -0.138. The first kappa shape index (κ1) is 15.6. The molecule has 0 bridgehead atoms. The molecule has 1 aromatic heterocycles. The molecule has 108 valence electrons. The minimum absolute atomic E-state index is 0.0438. The van der Waals surface area contributed by atoms with Gasteiger partial charge in [-0.25, -0.2) is 18.1 Å². The maximum atomic E-state index is 12.0. The number of aryl methyl sites for hydroxylation is 2. The van der Waals surface area contributed by atoms with E-state index in [0.717, 1.165) is 0 Å². The highest BCUT2D eigenvalue weighted by Crippen LogP contribution is 2.11. The van der Waals surface area contributed by atoms with Crippen molar-refractivity contribution < 1.29 is 18.3 Å². The van der Waals surface area contributed by atoms with Gasteiger partial charge in [0.15, 0.2) is 5.03 Å². The SMILES string of the molecule is CCC(CNS(=O)(=O)c1cn(C)c(C)n1)CC(=O)O. The number of aromatic nitrogens is 2. The summed E-state index contributed by atoms with van der Waals surface area (Å²) in [5.41, 5.74) is 0. The van der Waals surface area contributed by atoms with E-state index in [9.17, 15) is 13.2 Å². The van der Waals surface area contributed by atoms with Crippen molar-refractivity contribution in [2.24, 2.45) is 13.0 Å². The van der Waals surface area contributed by atoms with Crippen molar-refractivity contribution >= 4 is 16.0 Å². The summed E-state index contributed by atoms with van der Waals surface area (Å²) in [5.74, 6) is -0.560. The van der Waals surface area contributed by atoms with Crippen molar-refractivity contribution in [2.45, 2.75) is 31.7 Å². The third kappa shape index (κ3) is 4.32. The van der Waals surface area contributed by atoms with E-state index in [2.05, 4.69) is 9.71 Å². The van der Waals surface area contributed by atoms with Gasteiger partial charge in [-0.1, -0.05) is 13.3 Å². The number of nitrogens with zero attached hydrogens (tertiary/aromatic N) is 2. The van der Waals surface area contributed by atoms with Crippen LogP contribution in [0.3, 0.4) is 0 Å². The first-order chi connectivity index (χ1) is 8.76. The van der Waals surface area contributed by atoms with Crippen molar-refractivity contribution in [3.8, 4) is 0 Å². The normalized spacial score (nSPS) is 13.4. The average molecular weight is 289 g/mol. The fourth-order valence-electron chi connectivity index (χ4n) is 1.57. The molecule has 8 heteroatoms. The van der Waals surface area contributed by atoms with Crippen LogP contribution in [0.15, 0.2) is 11.2 Å². The minimum Gasteiger partial charge on any atom is -0.481 e. The first-order valence-electron chi connectivity index (χ1n) is 5.97. The van der Waals surface area contributed by atoms with E-state index in [1.807, 2.05) is 6.92 Å². The zero-order valence-electron chi connectivity index (χ0n) is 11.3. The van der Waals surface area contributed by atoms with Gasteiger partial charge < -0.3 is 9.67 Å². The highest BCUT2D eigenvalue weighted by Gasteiger charge is 2.20. The molecular formula is C11H19N3O4S. The number of carbonyl (C=O) groups is 1. The van der Waals surface area contributed by atoms with Crippen LogP contribution in [0.25, 0.3) is 0 Å². The van der Waals surface area contributed by atoms with Crippen molar-refractivity contribution in [3.63, 3.8) is 0 Å². The summed E-state index contributed by atoms with van der Waals surface area (Å²) < 4.78 is 28.0. The summed E-state index contributed by atoms with van der Waals surface area (Å²) in [6.07, 6.45) is 1.96. The Morgan fingerprint density at radius 3 is 2.63 bits per heavy atom. The molecule has 0 aromatic carbocycles. The summed E-state index contributed by atoms with van der Waals surface area (Å²) >= 11 is 0. The second-order valence-electron chi connectivity index (χ2n) is 4.46. The fourth-order valence-corrected chi connectivity index (χ4v) is 2.72. The van der Waals surface area contributed by atoms with Gasteiger partial charge in [0, 0.05) is 26.2 Å². The van der Waals surface area contributed by atoms with E-state index in [0.29, 0.717) is 12.2 Å². The van der Waals surface area contributed by atoms with Crippen LogP contribution in [0.4, 0.5) is 0 Å². The first-order valence-corrected chi connectivity index (χ1v) is 7.46. The lowest BCUT2D eigenvalue weighted by Crippen LogP contribution is -2.30. The Labute approximate surface area is 112 Å². The van der Waals surface area contributed by atoms with Crippen LogP contribution < -0.4 is 4.72 Å². The molecule has 1 atom stereocenters. The zero-order valence-corrected chi connectivity index (χ0v) is 12.1. The van der Waals surface area contributed by atoms with Gasteiger partial charge >= 0.3 is 5.97 Å². The molecule has 19 heavy (non-hydrogen) atoms. The third-order valence-electron chi connectivity index (χ3n) is 2.96. The summed E-state index contributed by atoms with van der Waals surface area (Å²) in [6.45, 7) is 3.63. The van der Waals surface area contributed by atoms with Crippen LogP contribution in [-0.4, -0.2) is 35.6 Å². The molecule has 0 fully saturated rings. The molecule has 0 spiro atoms. The van der Waals surface area contributed by atoms with Crippen molar-refractivity contribution in [3.05, 3.63) is 12.0 Å². The van der Waals surface area contributed by atoms with Crippen LogP contribution in [0.1, 0.15) is 25.6 Å². The quantitative estimate of drug-likeness (QED) is 0.761. The lowest BCUT2D eigenvalue weighted by atomic mass is 10.0. The monoisotopic (exact) mass is 289 g/mol. The molecule has 1 rings (SSSR count). The number of hydrogen-bond acceptors (Lipinski definition) is 4. The van der Waals surface area contributed by atoms with Crippen LogP contribution in [0, 0.1) is 12.8 Å². The molecule has 0 aliphatic carbocycles. The number of carboxylic acids is 1. The van der Waals surface area contributed by atoms with E-state index >= 15 is 0 Å². The number of rotatable bonds is 7. The third-order valence-corrected chi connectivity index (χ3v) is 4.26. The largest absolute Gasteiger partial charge is 0.481 e. The van der Waals surface area contributed by atoms with Gasteiger partial charge in [-0.3, -0.25) is 4.79 Å². The van der Waals surface area contributed by atoms with Crippen LogP contribution >= 0.6 is 0 Å². The maximum absolute atomic E-state index is 12.0. The van der Waals surface area contributed by atoms with E-state index in [4.69, 9.17) is 5.11 Å². The Kier molecular flexibility index (Phi) is 5.07. The standard InChI is InChI=1S/C11H19N3O4S/c1-4-9(5-11(15)16)6-12-19(17,18)10-7-14(3)8(2)13-10/h7,9,12H,4-6H2,1-3H3,(H,15,16). The van der Waals surface area contributed by atoms with Gasteiger partial charge in [0.1, 0.15) is 5.82 Å². The maximum Gasteiger partial charge on any atom is 0.303 e. The highest BCUT2D eigenvalue weighted by molar-refractivity contribution is 7.89. The Morgan fingerprint density at radius 2 is 2.21 bits per heavy atom. The molecule has 0 amide bonds. The van der Waals surface area contributed by atoms with Gasteiger partial charge in [-0.05, 0) is 12.8 Å². The molecule has 2 N–H and O–H groups in total. The van der Waals surface area contributed by atoms with Gasteiger partial charge in [0.2, 0.25) is 0 Å². The Bertz CT molecular complexity index is 531. The van der Waals surface area contributed by atoms with Crippen molar-refractivity contribution in [1.82, 2.24) is 14.3 Å². The molecule has 0 aliphatic rings.